The fourth-order valence-corrected chi connectivity index (χ4v) is 5.18. The van der Waals surface area contributed by atoms with Gasteiger partial charge in [-0.05, 0) is 39.0 Å². The molecule has 0 spiro atoms. The Kier molecular flexibility index (Phi) is 19.8. The van der Waals surface area contributed by atoms with E-state index in [1.165, 1.54) is 6.92 Å². The van der Waals surface area contributed by atoms with Gasteiger partial charge in [-0.25, -0.2) is 0 Å². The van der Waals surface area contributed by atoms with E-state index in [2.05, 4.69) is 12.2 Å². The van der Waals surface area contributed by atoms with Crippen molar-refractivity contribution in [1.82, 2.24) is 0 Å². The number of carboxylic acid groups (broad SMARTS) is 1. The second-order valence-electron chi connectivity index (χ2n) is 12.1. The standard InChI is InChI=1S/C34H54O15/c1-21(17-15-13-11-9-7-5-4-6-8-10-12-14-16-18-26(37)38)46-34-32(30(42)28(40)25(48-34)20-45-23(3)36)49-33-31(43)29(41)27(39)24(47-33)19-44-22(2)35/h4-5,9,11,15,17,21,24-25,27-34,39-43H,6-8,10,12-14,16,18-20H2,1-3H3,(H,37,38)/t21-,24+,25+,27+,28+,29-,30-,31+,32+,33-,34+/m0/s1. The predicted molar refractivity (Wildman–Crippen MR) is 173 cm³/mol. The zero-order chi connectivity index (χ0) is 36.3. The zero-order valence-corrected chi connectivity index (χ0v) is 28.5. The molecule has 49 heavy (non-hydrogen) atoms. The highest BCUT2D eigenvalue weighted by Gasteiger charge is 2.51. The maximum Gasteiger partial charge on any atom is 0.303 e. The quantitative estimate of drug-likeness (QED) is 0.0565. The lowest BCUT2D eigenvalue weighted by Gasteiger charge is -2.46. The third-order valence-electron chi connectivity index (χ3n) is 7.90. The number of ether oxygens (including phenoxy) is 6. The van der Waals surface area contributed by atoms with E-state index < -0.39 is 98.6 Å². The van der Waals surface area contributed by atoms with Crippen molar-refractivity contribution in [3.05, 3.63) is 36.5 Å². The van der Waals surface area contributed by atoms with Crippen molar-refractivity contribution in [2.45, 2.75) is 146 Å². The number of rotatable bonds is 21. The molecule has 0 unspecified atom stereocenters. The second kappa shape index (κ2) is 22.9. The molecule has 15 heteroatoms. The first-order chi connectivity index (χ1) is 23.3. The van der Waals surface area contributed by atoms with Crippen LogP contribution in [0.4, 0.5) is 0 Å². The molecule has 2 fully saturated rings. The molecule has 0 radical (unpaired) electrons. The van der Waals surface area contributed by atoms with Gasteiger partial charge in [-0.2, -0.15) is 0 Å². The van der Waals surface area contributed by atoms with E-state index in [-0.39, 0.29) is 6.42 Å². The summed E-state index contributed by atoms with van der Waals surface area (Å²) in [5.41, 5.74) is 0. The normalized spacial score (nSPS) is 31.3. The molecule has 11 atom stereocenters. The molecule has 0 bridgehead atoms. The molecule has 280 valence electrons. The summed E-state index contributed by atoms with van der Waals surface area (Å²) in [5.74, 6) is -2.04. The van der Waals surface area contributed by atoms with Crippen LogP contribution in [0.2, 0.25) is 0 Å². The van der Waals surface area contributed by atoms with Crippen LogP contribution in [0.25, 0.3) is 0 Å². The van der Waals surface area contributed by atoms with Crippen LogP contribution in [0.1, 0.15) is 78.6 Å². The maximum atomic E-state index is 11.4. The zero-order valence-electron chi connectivity index (χ0n) is 28.5. The number of hydrogen-bond donors (Lipinski definition) is 6. The molecule has 15 nitrogen and oxygen atoms in total. The molecular weight excluding hydrogens is 648 g/mol. The van der Waals surface area contributed by atoms with E-state index in [4.69, 9.17) is 33.5 Å². The van der Waals surface area contributed by atoms with Crippen LogP contribution in [0.15, 0.2) is 36.5 Å². The first-order valence-corrected chi connectivity index (χ1v) is 16.8. The molecular formula is C34H54O15. The molecule has 0 amide bonds. The number of carbonyl (C=O) groups is 3. The summed E-state index contributed by atoms with van der Waals surface area (Å²) < 4.78 is 33.0. The average Bonchev–Trinajstić information content (AvgIpc) is 3.04. The summed E-state index contributed by atoms with van der Waals surface area (Å²) in [6, 6.07) is 0. The summed E-state index contributed by atoms with van der Waals surface area (Å²) in [5, 5.41) is 61.6. The number of aliphatic hydroxyl groups excluding tert-OH is 5. The molecule has 0 aromatic heterocycles. The lowest BCUT2D eigenvalue weighted by molar-refractivity contribution is -0.369. The van der Waals surface area contributed by atoms with Gasteiger partial charge in [0.15, 0.2) is 12.6 Å². The number of esters is 2. The lowest BCUT2D eigenvalue weighted by atomic mass is 9.97. The van der Waals surface area contributed by atoms with Gasteiger partial charge in [0.1, 0.15) is 62.0 Å². The largest absolute Gasteiger partial charge is 0.481 e. The molecule has 2 aliphatic rings. The molecule has 0 aromatic carbocycles. The van der Waals surface area contributed by atoms with Gasteiger partial charge >= 0.3 is 17.9 Å². The first kappa shape index (κ1) is 42.4. The number of aliphatic hydroxyl groups is 5. The number of carbonyl (C=O) groups excluding carboxylic acids is 2. The number of carboxylic acids is 1. The molecule has 2 heterocycles. The SMILES string of the molecule is CC(=O)OC[C@H]1O[C@@H](O[C@H]2[C@H](O[C@@H](C)C=CCC=CCC=CCCCCCCCC(=O)O)O[C@H](COC(C)=O)[C@@H](O)[C@@H]2O)[C@H](O)[C@@H](O)[C@@H]1O. The molecule has 2 saturated heterocycles. The fourth-order valence-electron chi connectivity index (χ4n) is 5.18. The van der Waals surface area contributed by atoms with Crippen LogP contribution < -0.4 is 0 Å². The van der Waals surface area contributed by atoms with E-state index in [1.807, 2.05) is 18.2 Å². The van der Waals surface area contributed by atoms with Gasteiger partial charge in [-0.15, -0.1) is 0 Å². The predicted octanol–water partition coefficient (Wildman–Crippen LogP) is 1.42. The molecule has 0 aliphatic carbocycles. The molecule has 2 aliphatic heterocycles. The molecule has 6 N–H and O–H groups in total. The Labute approximate surface area is 287 Å². The minimum atomic E-state index is -1.80. The number of allylic oxidation sites excluding steroid dienone is 5. The molecule has 0 aromatic rings. The summed E-state index contributed by atoms with van der Waals surface area (Å²) in [4.78, 5) is 33.2. The topological polar surface area (TPSA) is 228 Å². The smallest absolute Gasteiger partial charge is 0.303 e. The Morgan fingerprint density at radius 1 is 0.673 bits per heavy atom. The third kappa shape index (κ3) is 15.8. The average molecular weight is 703 g/mol. The first-order valence-electron chi connectivity index (χ1n) is 16.8. The van der Waals surface area contributed by atoms with Crippen LogP contribution >= 0.6 is 0 Å². The van der Waals surface area contributed by atoms with Crippen molar-refractivity contribution < 1.29 is 73.4 Å². The second-order valence-corrected chi connectivity index (χ2v) is 12.1. The number of aliphatic carboxylic acids is 1. The van der Waals surface area contributed by atoms with Crippen LogP contribution in [-0.4, -0.2) is 129 Å². The van der Waals surface area contributed by atoms with Crippen LogP contribution in [0.3, 0.4) is 0 Å². The summed E-state index contributed by atoms with van der Waals surface area (Å²) in [6.45, 7) is 3.17. The van der Waals surface area contributed by atoms with Crippen molar-refractivity contribution in [3.8, 4) is 0 Å². The Balaban J connectivity index is 1.93. The van der Waals surface area contributed by atoms with Gasteiger partial charge in [-0.3, -0.25) is 14.4 Å². The van der Waals surface area contributed by atoms with Crippen molar-refractivity contribution in [2.24, 2.45) is 0 Å². The van der Waals surface area contributed by atoms with E-state index in [1.54, 1.807) is 13.0 Å². The monoisotopic (exact) mass is 702 g/mol. The van der Waals surface area contributed by atoms with Crippen molar-refractivity contribution in [2.75, 3.05) is 13.2 Å². The van der Waals surface area contributed by atoms with Crippen LogP contribution in [0, 0.1) is 0 Å². The van der Waals surface area contributed by atoms with E-state index in [0.29, 0.717) is 6.42 Å². The van der Waals surface area contributed by atoms with E-state index >= 15 is 0 Å². The van der Waals surface area contributed by atoms with Gasteiger partial charge in [0.05, 0.1) is 6.10 Å². The minimum Gasteiger partial charge on any atom is -0.481 e. The summed E-state index contributed by atoms with van der Waals surface area (Å²) in [7, 11) is 0. The lowest BCUT2D eigenvalue weighted by Crippen LogP contribution is -2.65. The minimum absolute atomic E-state index is 0.232. The van der Waals surface area contributed by atoms with Crippen molar-refractivity contribution in [3.63, 3.8) is 0 Å². The van der Waals surface area contributed by atoms with Gasteiger partial charge < -0.3 is 59.1 Å². The molecule has 2 rings (SSSR count). The van der Waals surface area contributed by atoms with Crippen LogP contribution in [-0.2, 0) is 42.8 Å². The number of unbranched alkanes of at least 4 members (excludes halogenated alkanes) is 5. The maximum absolute atomic E-state index is 11.4. The van der Waals surface area contributed by atoms with Crippen molar-refractivity contribution in [1.29, 1.82) is 0 Å². The molecule has 0 saturated carbocycles. The Morgan fingerprint density at radius 3 is 1.82 bits per heavy atom. The van der Waals surface area contributed by atoms with Crippen molar-refractivity contribution >= 4 is 17.9 Å². The fraction of sp³-hybridized carbons (Fsp3) is 0.735. The Morgan fingerprint density at radius 2 is 1.20 bits per heavy atom. The highest BCUT2D eigenvalue weighted by molar-refractivity contribution is 5.66. The van der Waals surface area contributed by atoms with Gasteiger partial charge in [-0.1, -0.05) is 55.7 Å². The summed E-state index contributed by atoms with van der Waals surface area (Å²) >= 11 is 0. The Hall–Kier alpha value is -2.73. The Bertz CT molecular complexity index is 1080. The summed E-state index contributed by atoms with van der Waals surface area (Å²) in [6.07, 6.45) is 3.20. The van der Waals surface area contributed by atoms with E-state index in [0.717, 1.165) is 51.9 Å². The van der Waals surface area contributed by atoms with Gasteiger partial charge in [0, 0.05) is 20.3 Å². The highest BCUT2D eigenvalue weighted by atomic mass is 16.8. The number of hydrogen-bond acceptors (Lipinski definition) is 14. The van der Waals surface area contributed by atoms with Gasteiger partial charge in [0.25, 0.3) is 0 Å². The van der Waals surface area contributed by atoms with Crippen LogP contribution in [0.5, 0.6) is 0 Å². The van der Waals surface area contributed by atoms with Gasteiger partial charge in [0.2, 0.25) is 0 Å². The highest BCUT2D eigenvalue weighted by Crippen LogP contribution is 2.30. The third-order valence-corrected chi connectivity index (χ3v) is 7.90. The van der Waals surface area contributed by atoms with E-state index in [9.17, 15) is 39.9 Å².